The number of carbonyl (C=O) groups is 2. The summed E-state index contributed by atoms with van der Waals surface area (Å²) >= 11 is 2.62. The number of carbonyl (C=O) groups excluding carboxylic acids is 1. The van der Waals surface area contributed by atoms with E-state index < -0.39 is 5.97 Å². The van der Waals surface area contributed by atoms with Crippen molar-refractivity contribution in [2.75, 3.05) is 19.1 Å². The molecule has 7 heteroatoms. The molecule has 1 heterocycles. The third-order valence-electron chi connectivity index (χ3n) is 2.30. The van der Waals surface area contributed by atoms with Crippen molar-refractivity contribution in [3.63, 3.8) is 0 Å². The highest BCUT2D eigenvalue weighted by Gasteiger charge is 2.21. The summed E-state index contributed by atoms with van der Waals surface area (Å²) < 4.78 is 0. The Morgan fingerprint density at radius 2 is 2.29 bits per heavy atom. The molecule has 0 saturated heterocycles. The summed E-state index contributed by atoms with van der Waals surface area (Å²) in [5, 5.41) is 10.2. The number of rotatable bonds is 5. The molecule has 1 atom stereocenters. The third-order valence-corrected chi connectivity index (χ3v) is 3.94. The summed E-state index contributed by atoms with van der Waals surface area (Å²) in [6, 6.07) is 0.0903. The van der Waals surface area contributed by atoms with Crippen LogP contribution in [0.3, 0.4) is 0 Å². The highest BCUT2D eigenvalue weighted by molar-refractivity contribution is 7.98. The molecular weight excluding hydrogens is 260 g/mol. The van der Waals surface area contributed by atoms with Gasteiger partial charge in [-0.05, 0) is 13.2 Å². The van der Waals surface area contributed by atoms with Gasteiger partial charge in [0.25, 0.3) is 5.91 Å². The minimum absolute atomic E-state index is 0.0562. The Morgan fingerprint density at radius 3 is 2.76 bits per heavy atom. The molecule has 1 N–H and O–H groups in total. The Morgan fingerprint density at radius 1 is 1.65 bits per heavy atom. The third kappa shape index (κ3) is 3.44. The van der Waals surface area contributed by atoms with Crippen molar-refractivity contribution in [2.45, 2.75) is 13.0 Å². The van der Waals surface area contributed by atoms with Crippen LogP contribution in [0.2, 0.25) is 0 Å². The first kappa shape index (κ1) is 14.0. The summed E-state index contributed by atoms with van der Waals surface area (Å²) in [5.41, 5.74) is 0.197. The van der Waals surface area contributed by atoms with E-state index in [1.54, 1.807) is 23.7 Å². The van der Waals surface area contributed by atoms with Crippen LogP contribution in [-0.2, 0) is 0 Å². The minimum atomic E-state index is -1.10. The van der Waals surface area contributed by atoms with E-state index in [1.165, 1.54) is 5.38 Å². The fourth-order valence-electron chi connectivity index (χ4n) is 1.20. The number of hydrogen-bond acceptors (Lipinski definition) is 5. The number of aromatic carboxylic acids is 1. The van der Waals surface area contributed by atoms with E-state index in [2.05, 4.69) is 4.98 Å². The fourth-order valence-corrected chi connectivity index (χ4v) is 2.54. The zero-order valence-corrected chi connectivity index (χ0v) is 11.5. The maximum atomic E-state index is 12.0. The lowest BCUT2D eigenvalue weighted by atomic mass is 10.3. The Hall–Kier alpha value is -1.08. The minimum Gasteiger partial charge on any atom is -0.476 e. The lowest BCUT2D eigenvalue weighted by molar-refractivity contribution is 0.0696. The maximum absolute atomic E-state index is 12.0. The Balaban J connectivity index is 2.77. The van der Waals surface area contributed by atoms with E-state index in [0.29, 0.717) is 0 Å². The van der Waals surface area contributed by atoms with Crippen LogP contribution in [0.25, 0.3) is 0 Å². The lowest BCUT2D eigenvalue weighted by Crippen LogP contribution is -2.36. The molecule has 0 aliphatic heterocycles. The van der Waals surface area contributed by atoms with Gasteiger partial charge in [-0.25, -0.2) is 9.78 Å². The van der Waals surface area contributed by atoms with E-state index >= 15 is 0 Å². The molecule has 0 fully saturated rings. The zero-order chi connectivity index (χ0) is 13.0. The monoisotopic (exact) mass is 274 g/mol. The van der Waals surface area contributed by atoms with Crippen molar-refractivity contribution in [3.05, 3.63) is 16.1 Å². The van der Waals surface area contributed by atoms with Gasteiger partial charge in [-0.3, -0.25) is 4.79 Å². The van der Waals surface area contributed by atoms with E-state index in [-0.39, 0.29) is 22.7 Å². The summed E-state index contributed by atoms with van der Waals surface area (Å²) in [5.74, 6) is -0.512. The largest absolute Gasteiger partial charge is 0.476 e. The number of thioether (sulfide) groups is 1. The number of carboxylic acids is 1. The van der Waals surface area contributed by atoms with Gasteiger partial charge < -0.3 is 10.0 Å². The van der Waals surface area contributed by atoms with Crippen LogP contribution in [0.4, 0.5) is 0 Å². The van der Waals surface area contributed by atoms with Gasteiger partial charge in [0, 0.05) is 24.2 Å². The molecule has 5 nitrogen and oxygen atoms in total. The Labute approximate surface area is 108 Å². The van der Waals surface area contributed by atoms with Gasteiger partial charge >= 0.3 is 5.97 Å². The molecule has 1 rings (SSSR count). The quantitative estimate of drug-likeness (QED) is 0.884. The molecule has 1 amide bonds. The van der Waals surface area contributed by atoms with E-state index in [0.717, 1.165) is 17.1 Å². The van der Waals surface area contributed by atoms with Crippen molar-refractivity contribution in [1.29, 1.82) is 0 Å². The van der Waals surface area contributed by atoms with Crippen molar-refractivity contribution in [3.8, 4) is 0 Å². The van der Waals surface area contributed by atoms with Gasteiger partial charge in [-0.2, -0.15) is 11.8 Å². The van der Waals surface area contributed by atoms with Crippen molar-refractivity contribution >= 4 is 35.0 Å². The first-order chi connectivity index (χ1) is 7.97. The van der Waals surface area contributed by atoms with E-state index in [9.17, 15) is 9.59 Å². The maximum Gasteiger partial charge on any atom is 0.365 e. The molecule has 1 aromatic heterocycles. The molecular formula is C10H14N2O3S2. The van der Waals surface area contributed by atoms with Gasteiger partial charge in [0.05, 0.1) is 0 Å². The van der Waals surface area contributed by atoms with E-state index in [1.807, 2.05) is 13.2 Å². The summed E-state index contributed by atoms with van der Waals surface area (Å²) in [6.07, 6.45) is 1.97. The molecule has 94 valence electrons. The average molecular weight is 274 g/mol. The number of hydrogen-bond donors (Lipinski definition) is 1. The normalized spacial score (nSPS) is 12.2. The van der Waals surface area contributed by atoms with Gasteiger partial charge in [0.1, 0.15) is 5.69 Å². The van der Waals surface area contributed by atoms with Crippen LogP contribution in [0.1, 0.15) is 27.2 Å². The summed E-state index contributed by atoms with van der Waals surface area (Å²) in [6.45, 7) is 1.94. The predicted octanol–water partition coefficient (Wildman–Crippen LogP) is 1.66. The van der Waals surface area contributed by atoms with Crippen molar-refractivity contribution in [1.82, 2.24) is 9.88 Å². The second-order valence-corrected chi connectivity index (χ2v) is 5.33. The van der Waals surface area contributed by atoms with Crippen LogP contribution in [0, 0.1) is 0 Å². The number of carboxylic acid groups (broad SMARTS) is 1. The first-order valence-corrected chi connectivity index (χ1v) is 7.19. The first-order valence-electron chi connectivity index (χ1n) is 4.92. The van der Waals surface area contributed by atoms with Gasteiger partial charge in [0.2, 0.25) is 5.01 Å². The zero-order valence-electron chi connectivity index (χ0n) is 9.84. The number of aromatic nitrogens is 1. The topological polar surface area (TPSA) is 70.5 Å². The van der Waals surface area contributed by atoms with Gasteiger partial charge in [0.15, 0.2) is 0 Å². The van der Waals surface area contributed by atoms with E-state index in [4.69, 9.17) is 5.11 Å². The molecule has 0 spiro atoms. The number of thiazole rings is 1. The standard InChI is InChI=1S/C10H14N2O3S2/c1-6(4-16-3)12(2)9(13)7-5-17-8(11-7)10(14)15/h5-6H,4H2,1-3H3,(H,14,15). The molecule has 17 heavy (non-hydrogen) atoms. The Kier molecular flexibility index (Phi) is 4.95. The van der Waals surface area contributed by atoms with Gasteiger partial charge in [-0.15, -0.1) is 11.3 Å². The van der Waals surface area contributed by atoms with Crippen LogP contribution >= 0.6 is 23.1 Å². The molecule has 0 bridgehead atoms. The second kappa shape index (κ2) is 6.02. The SMILES string of the molecule is CSCC(C)N(C)C(=O)c1csc(C(=O)O)n1. The predicted molar refractivity (Wildman–Crippen MR) is 69.0 cm³/mol. The molecule has 0 radical (unpaired) electrons. The fraction of sp³-hybridized carbons (Fsp3) is 0.500. The molecule has 1 aromatic rings. The molecule has 0 aliphatic rings. The van der Waals surface area contributed by atoms with Gasteiger partial charge in [-0.1, -0.05) is 0 Å². The summed E-state index contributed by atoms with van der Waals surface area (Å²) in [7, 11) is 1.70. The Bertz CT molecular complexity index is 419. The molecule has 0 saturated carbocycles. The smallest absolute Gasteiger partial charge is 0.365 e. The van der Waals surface area contributed by atoms with Crippen LogP contribution < -0.4 is 0 Å². The summed E-state index contributed by atoms with van der Waals surface area (Å²) in [4.78, 5) is 28.0. The van der Waals surface area contributed by atoms with Crippen LogP contribution in [0.15, 0.2) is 5.38 Å². The van der Waals surface area contributed by atoms with Crippen molar-refractivity contribution in [2.24, 2.45) is 0 Å². The van der Waals surface area contributed by atoms with Crippen molar-refractivity contribution < 1.29 is 14.7 Å². The number of amides is 1. The van der Waals surface area contributed by atoms with Crippen LogP contribution in [0.5, 0.6) is 0 Å². The number of nitrogens with zero attached hydrogens (tertiary/aromatic N) is 2. The highest BCUT2D eigenvalue weighted by atomic mass is 32.2. The second-order valence-electron chi connectivity index (χ2n) is 3.56. The molecule has 0 aliphatic carbocycles. The van der Waals surface area contributed by atoms with Crippen LogP contribution in [-0.4, -0.2) is 52.0 Å². The highest BCUT2D eigenvalue weighted by Crippen LogP contribution is 2.13. The molecule has 1 unspecified atom stereocenters. The average Bonchev–Trinajstić information content (AvgIpc) is 2.76. The molecule has 0 aromatic carbocycles. The lowest BCUT2D eigenvalue weighted by Gasteiger charge is -2.23.